The number of halogens is 1. The Hall–Kier alpha value is -2.59. The van der Waals surface area contributed by atoms with Gasteiger partial charge in [0.05, 0.1) is 11.9 Å². The molecule has 0 aliphatic carbocycles. The quantitative estimate of drug-likeness (QED) is 0.758. The first-order valence-corrected chi connectivity index (χ1v) is 7.18. The van der Waals surface area contributed by atoms with Crippen molar-refractivity contribution >= 4 is 23.5 Å². The number of carbonyl (C=O) groups excluding carboxylic acids is 1. The molecule has 0 radical (unpaired) electrons. The maximum atomic E-state index is 12.1. The second-order valence-electron chi connectivity index (χ2n) is 4.98. The van der Waals surface area contributed by atoms with Gasteiger partial charge in [-0.15, -0.1) is 0 Å². The molecular formula is C17H14ClN3O. The fraction of sp³-hybridized carbons (Fsp3) is 0.0588. The van der Waals surface area contributed by atoms with Crippen molar-refractivity contribution in [3.63, 3.8) is 0 Å². The predicted octanol–water partition coefficient (Wildman–Crippen LogP) is 4.29. The average molecular weight is 312 g/mol. The topological polar surface area (TPSA) is 57.8 Å². The van der Waals surface area contributed by atoms with Gasteiger partial charge in [0.1, 0.15) is 0 Å². The van der Waals surface area contributed by atoms with Gasteiger partial charge in [0, 0.05) is 10.6 Å². The molecule has 4 nitrogen and oxygen atoms in total. The number of hydrogen-bond acceptors (Lipinski definition) is 2. The Morgan fingerprint density at radius 3 is 2.68 bits per heavy atom. The second kappa shape index (κ2) is 6.03. The molecule has 0 fully saturated rings. The summed E-state index contributed by atoms with van der Waals surface area (Å²) in [5.74, 6) is 0.146. The van der Waals surface area contributed by atoms with E-state index in [1.165, 1.54) is 5.56 Å². The highest BCUT2D eigenvalue weighted by atomic mass is 35.5. The lowest BCUT2D eigenvalue weighted by molar-refractivity contribution is 0.102. The first kappa shape index (κ1) is 14.4. The van der Waals surface area contributed by atoms with Gasteiger partial charge in [-0.1, -0.05) is 47.5 Å². The van der Waals surface area contributed by atoms with E-state index in [0.717, 1.165) is 11.3 Å². The highest BCUT2D eigenvalue weighted by Gasteiger charge is 2.09. The number of nitrogens with one attached hydrogen (secondary N) is 2. The van der Waals surface area contributed by atoms with Crippen LogP contribution in [0.4, 0.5) is 5.95 Å². The molecule has 0 aliphatic rings. The minimum Gasteiger partial charge on any atom is -0.324 e. The van der Waals surface area contributed by atoms with Gasteiger partial charge >= 0.3 is 0 Å². The lowest BCUT2D eigenvalue weighted by Gasteiger charge is -2.02. The molecule has 22 heavy (non-hydrogen) atoms. The molecule has 0 aliphatic heterocycles. The summed E-state index contributed by atoms with van der Waals surface area (Å²) < 4.78 is 0. The summed E-state index contributed by atoms with van der Waals surface area (Å²) in [6, 6.07) is 14.8. The van der Waals surface area contributed by atoms with Crippen molar-refractivity contribution in [2.45, 2.75) is 6.92 Å². The Labute approximate surface area is 133 Å². The van der Waals surface area contributed by atoms with Crippen molar-refractivity contribution in [1.82, 2.24) is 9.97 Å². The zero-order valence-corrected chi connectivity index (χ0v) is 12.7. The number of imidazole rings is 1. The minimum atomic E-state index is -0.257. The van der Waals surface area contributed by atoms with Gasteiger partial charge in [-0.05, 0) is 30.7 Å². The van der Waals surface area contributed by atoms with Crippen LogP contribution in [0.3, 0.4) is 0 Å². The van der Waals surface area contributed by atoms with Crippen LogP contribution in [0.25, 0.3) is 11.3 Å². The van der Waals surface area contributed by atoms with Crippen molar-refractivity contribution in [3.05, 3.63) is 70.9 Å². The maximum absolute atomic E-state index is 12.1. The molecule has 1 aromatic heterocycles. The number of benzene rings is 2. The number of nitrogens with zero attached hydrogens (tertiary/aromatic N) is 1. The molecule has 3 aromatic rings. The van der Waals surface area contributed by atoms with Crippen LogP contribution >= 0.6 is 11.6 Å². The molecule has 0 unspecified atom stereocenters. The Morgan fingerprint density at radius 2 is 1.95 bits per heavy atom. The van der Waals surface area contributed by atoms with E-state index < -0.39 is 0 Å². The summed E-state index contributed by atoms with van der Waals surface area (Å²) in [5, 5.41) is 3.24. The van der Waals surface area contributed by atoms with E-state index in [2.05, 4.69) is 15.3 Å². The van der Waals surface area contributed by atoms with Crippen LogP contribution in [0.2, 0.25) is 5.02 Å². The van der Waals surface area contributed by atoms with Gasteiger partial charge in [0.2, 0.25) is 5.95 Å². The summed E-state index contributed by atoms with van der Waals surface area (Å²) in [6.07, 6.45) is 1.69. The Morgan fingerprint density at radius 1 is 1.18 bits per heavy atom. The monoisotopic (exact) mass is 311 g/mol. The Bertz CT molecular complexity index is 809. The van der Waals surface area contributed by atoms with Crippen molar-refractivity contribution in [2.24, 2.45) is 0 Å². The van der Waals surface area contributed by atoms with Gasteiger partial charge in [0.25, 0.3) is 5.91 Å². The van der Waals surface area contributed by atoms with Gasteiger partial charge in [-0.2, -0.15) is 0 Å². The largest absolute Gasteiger partial charge is 0.324 e. The molecule has 2 aromatic carbocycles. The Balaban J connectivity index is 1.77. The number of hydrogen-bond donors (Lipinski definition) is 2. The van der Waals surface area contributed by atoms with Crippen molar-refractivity contribution < 1.29 is 4.79 Å². The number of carbonyl (C=O) groups is 1. The molecular weight excluding hydrogens is 298 g/mol. The van der Waals surface area contributed by atoms with Crippen molar-refractivity contribution in [2.75, 3.05) is 5.32 Å². The summed E-state index contributed by atoms with van der Waals surface area (Å²) in [6.45, 7) is 2.04. The third-order valence-electron chi connectivity index (χ3n) is 3.26. The van der Waals surface area contributed by atoms with Crippen LogP contribution < -0.4 is 5.32 Å². The van der Waals surface area contributed by atoms with E-state index in [4.69, 9.17) is 11.6 Å². The molecule has 0 atom stereocenters. The fourth-order valence-corrected chi connectivity index (χ4v) is 2.26. The molecule has 2 N–H and O–H groups in total. The van der Waals surface area contributed by atoms with Crippen LogP contribution in [0.15, 0.2) is 54.7 Å². The third kappa shape index (κ3) is 3.18. The minimum absolute atomic E-state index is 0.257. The molecule has 110 valence electrons. The number of rotatable bonds is 3. The van der Waals surface area contributed by atoms with E-state index >= 15 is 0 Å². The van der Waals surface area contributed by atoms with Crippen molar-refractivity contribution in [3.8, 4) is 11.3 Å². The number of anilines is 1. The third-order valence-corrected chi connectivity index (χ3v) is 3.49. The summed E-state index contributed by atoms with van der Waals surface area (Å²) in [5.41, 5.74) is 3.54. The summed E-state index contributed by atoms with van der Waals surface area (Å²) in [7, 11) is 0. The van der Waals surface area contributed by atoms with E-state index in [1.54, 1.807) is 30.5 Å². The Kier molecular flexibility index (Phi) is 3.94. The SMILES string of the molecule is Cc1ccc(-c2cnc(NC(=O)c3cccc(Cl)c3)[nH]2)cc1. The normalized spacial score (nSPS) is 10.5. The number of aryl methyl sites for hydroxylation is 1. The molecule has 1 heterocycles. The van der Waals surface area contributed by atoms with Gasteiger partial charge in [0.15, 0.2) is 0 Å². The first-order valence-electron chi connectivity index (χ1n) is 6.81. The predicted molar refractivity (Wildman–Crippen MR) is 88.2 cm³/mol. The van der Waals surface area contributed by atoms with E-state index in [9.17, 15) is 4.79 Å². The highest BCUT2D eigenvalue weighted by Crippen LogP contribution is 2.19. The number of H-pyrrole nitrogens is 1. The molecule has 5 heteroatoms. The summed E-state index contributed by atoms with van der Waals surface area (Å²) >= 11 is 5.89. The van der Waals surface area contributed by atoms with Gasteiger partial charge in [-0.3, -0.25) is 10.1 Å². The standard InChI is InChI=1S/C17H14ClN3O/c1-11-5-7-12(8-6-11)15-10-19-17(20-15)21-16(22)13-3-2-4-14(18)9-13/h2-10H,1H3,(H2,19,20,21,22). The van der Waals surface area contributed by atoms with Gasteiger partial charge < -0.3 is 4.98 Å². The zero-order valence-electron chi connectivity index (χ0n) is 11.9. The lowest BCUT2D eigenvalue weighted by Crippen LogP contribution is -2.12. The second-order valence-corrected chi connectivity index (χ2v) is 5.41. The number of aromatic nitrogens is 2. The van der Waals surface area contributed by atoms with Crippen LogP contribution in [0.1, 0.15) is 15.9 Å². The zero-order chi connectivity index (χ0) is 15.5. The average Bonchev–Trinajstić information content (AvgIpc) is 2.96. The van der Waals surface area contributed by atoms with E-state index in [1.807, 2.05) is 31.2 Å². The molecule has 3 rings (SSSR count). The van der Waals surface area contributed by atoms with Crippen molar-refractivity contribution in [1.29, 1.82) is 0 Å². The molecule has 0 saturated carbocycles. The number of amides is 1. The molecule has 0 spiro atoms. The fourth-order valence-electron chi connectivity index (χ4n) is 2.07. The summed E-state index contributed by atoms with van der Waals surface area (Å²) in [4.78, 5) is 19.4. The highest BCUT2D eigenvalue weighted by molar-refractivity contribution is 6.31. The van der Waals surface area contributed by atoms with E-state index in [0.29, 0.717) is 16.5 Å². The molecule has 0 saturated heterocycles. The van der Waals surface area contributed by atoms with E-state index in [-0.39, 0.29) is 5.91 Å². The van der Waals surface area contributed by atoms with Crippen LogP contribution in [0, 0.1) is 6.92 Å². The first-order chi connectivity index (χ1) is 10.6. The molecule has 1 amide bonds. The lowest BCUT2D eigenvalue weighted by atomic mass is 10.1. The maximum Gasteiger partial charge on any atom is 0.258 e. The number of aromatic amines is 1. The van der Waals surface area contributed by atoms with Crippen LogP contribution in [0.5, 0.6) is 0 Å². The molecule has 0 bridgehead atoms. The smallest absolute Gasteiger partial charge is 0.258 e. The van der Waals surface area contributed by atoms with Crippen LogP contribution in [-0.4, -0.2) is 15.9 Å². The van der Waals surface area contributed by atoms with Crippen LogP contribution in [-0.2, 0) is 0 Å². The van der Waals surface area contributed by atoms with Gasteiger partial charge in [-0.25, -0.2) is 4.98 Å².